The zero-order valence-corrected chi connectivity index (χ0v) is 14.1. The first-order valence-corrected chi connectivity index (χ1v) is 7.71. The SMILES string of the molecule is COc1ccc(CNCC(C)c2cccc([N+](=O)[O-])c2)cc1OC. The fourth-order valence-electron chi connectivity index (χ4n) is 2.49. The monoisotopic (exact) mass is 330 g/mol. The van der Waals surface area contributed by atoms with Crippen LogP contribution in [0.5, 0.6) is 11.5 Å². The highest BCUT2D eigenvalue weighted by Crippen LogP contribution is 2.27. The standard InChI is InChI=1S/C18H22N2O4/c1-13(15-5-4-6-16(10-15)20(21)22)11-19-12-14-7-8-17(23-2)18(9-14)24-3/h4-10,13,19H,11-12H2,1-3H3. The number of methoxy groups -OCH3 is 2. The number of nitro groups is 1. The molecule has 1 unspecified atom stereocenters. The molecule has 0 aromatic heterocycles. The molecular weight excluding hydrogens is 308 g/mol. The van der Waals surface area contributed by atoms with Crippen molar-refractivity contribution in [1.29, 1.82) is 0 Å². The summed E-state index contributed by atoms with van der Waals surface area (Å²) in [5.41, 5.74) is 2.15. The number of nitrogens with one attached hydrogen (secondary N) is 1. The Labute approximate surface area is 141 Å². The predicted octanol–water partition coefficient (Wildman–Crippen LogP) is 3.51. The molecule has 0 radical (unpaired) electrons. The Hall–Kier alpha value is -2.60. The lowest BCUT2D eigenvalue weighted by Gasteiger charge is -2.14. The molecule has 1 N–H and O–H groups in total. The molecule has 0 saturated carbocycles. The Kier molecular flexibility index (Phi) is 6.14. The van der Waals surface area contributed by atoms with Crippen molar-refractivity contribution in [2.24, 2.45) is 0 Å². The van der Waals surface area contributed by atoms with Crippen molar-refractivity contribution in [3.63, 3.8) is 0 Å². The summed E-state index contributed by atoms with van der Waals surface area (Å²) >= 11 is 0. The van der Waals surface area contributed by atoms with E-state index in [1.165, 1.54) is 6.07 Å². The van der Waals surface area contributed by atoms with Gasteiger partial charge in [-0.2, -0.15) is 0 Å². The zero-order chi connectivity index (χ0) is 17.5. The largest absolute Gasteiger partial charge is 0.493 e. The van der Waals surface area contributed by atoms with Gasteiger partial charge in [-0.15, -0.1) is 0 Å². The summed E-state index contributed by atoms with van der Waals surface area (Å²) in [5.74, 6) is 1.57. The van der Waals surface area contributed by atoms with E-state index in [1.807, 2.05) is 31.2 Å². The maximum atomic E-state index is 10.9. The minimum Gasteiger partial charge on any atom is -0.493 e. The van der Waals surface area contributed by atoms with E-state index in [2.05, 4.69) is 5.32 Å². The molecule has 0 aliphatic rings. The van der Waals surface area contributed by atoms with Gasteiger partial charge in [-0.05, 0) is 29.2 Å². The number of benzene rings is 2. The molecule has 0 aliphatic heterocycles. The third-order valence-electron chi connectivity index (χ3n) is 3.88. The van der Waals surface area contributed by atoms with Crippen molar-refractivity contribution in [2.75, 3.05) is 20.8 Å². The van der Waals surface area contributed by atoms with Crippen molar-refractivity contribution >= 4 is 5.69 Å². The first-order valence-electron chi connectivity index (χ1n) is 7.71. The number of nitrogens with zero attached hydrogens (tertiary/aromatic N) is 1. The quantitative estimate of drug-likeness (QED) is 0.592. The molecule has 0 bridgehead atoms. The molecular formula is C18H22N2O4. The van der Waals surface area contributed by atoms with Gasteiger partial charge in [0.25, 0.3) is 5.69 Å². The highest BCUT2D eigenvalue weighted by Gasteiger charge is 2.11. The average molecular weight is 330 g/mol. The molecule has 6 nitrogen and oxygen atoms in total. The summed E-state index contributed by atoms with van der Waals surface area (Å²) in [6.07, 6.45) is 0. The Morgan fingerprint density at radius 3 is 2.54 bits per heavy atom. The van der Waals surface area contributed by atoms with Crippen LogP contribution in [0.3, 0.4) is 0 Å². The first kappa shape index (κ1) is 17.7. The summed E-state index contributed by atoms with van der Waals surface area (Å²) in [6.45, 7) is 3.44. The van der Waals surface area contributed by atoms with E-state index in [1.54, 1.807) is 26.4 Å². The Morgan fingerprint density at radius 1 is 1.12 bits per heavy atom. The van der Waals surface area contributed by atoms with E-state index in [9.17, 15) is 10.1 Å². The van der Waals surface area contributed by atoms with Gasteiger partial charge in [0.2, 0.25) is 0 Å². The topological polar surface area (TPSA) is 73.6 Å². The third-order valence-corrected chi connectivity index (χ3v) is 3.88. The van der Waals surface area contributed by atoms with Crippen molar-refractivity contribution in [3.8, 4) is 11.5 Å². The maximum Gasteiger partial charge on any atom is 0.269 e. The van der Waals surface area contributed by atoms with Crippen LogP contribution >= 0.6 is 0 Å². The van der Waals surface area contributed by atoms with Gasteiger partial charge < -0.3 is 14.8 Å². The van der Waals surface area contributed by atoms with Gasteiger partial charge in [0, 0.05) is 25.2 Å². The number of rotatable bonds is 8. The minimum atomic E-state index is -0.368. The Balaban J connectivity index is 1.94. The van der Waals surface area contributed by atoms with Crippen LogP contribution < -0.4 is 14.8 Å². The Morgan fingerprint density at radius 2 is 1.88 bits per heavy atom. The zero-order valence-electron chi connectivity index (χ0n) is 14.1. The van der Waals surface area contributed by atoms with Crippen molar-refractivity contribution in [3.05, 3.63) is 63.7 Å². The summed E-state index contributed by atoms with van der Waals surface area (Å²) in [4.78, 5) is 10.5. The molecule has 2 aromatic rings. The summed E-state index contributed by atoms with van der Waals surface area (Å²) in [7, 11) is 3.22. The number of nitro benzene ring substituents is 1. The molecule has 1 atom stereocenters. The van der Waals surface area contributed by atoms with Gasteiger partial charge in [-0.1, -0.05) is 25.1 Å². The van der Waals surface area contributed by atoms with E-state index in [0.29, 0.717) is 18.0 Å². The van der Waals surface area contributed by atoms with Gasteiger partial charge in [0.15, 0.2) is 11.5 Å². The van der Waals surface area contributed by atoms with Gasteiger partial charge in [0.1, 0.15) is 0 Å². The van der Waals surface area contributed by atoms with E-state index in [-0.39, 0.29) is 16.5 Å². The molecule has 128 valence electrons. The van der Waals surface area contributed by atoms with Gasteiger partial charge in [-0.3, -0.25) is 10.1 Å². The molecule has 0 aliphatic carbocycles. The number of hydrogen-bond donors (Lipinski definition) is 1. The fraction of sp³-hybridized carbons (Fsp3) is 0.333. The number of non-ortho nitro benzene ring substituents is 1. The van der Waals surface area contributed by atoms with E-state index in [4.69, 9.17) is 9.47 Å². The lowest BCUT2D eigenvalue weighted by atomic mass is 10.0. The van der Waals surface area contributed by atoms with Crippen LogP contribution in [0.2, 0.25) is 0 Å². The van der Waals surface area contributed by atoms with Crippen LogP contribution in [0.15, 0.2) is 42.5 Å². The van der Waals surface area contributed by atoms with Crippen LogP contribution in [-0.4, -0.2) is 25.7 Å². The highest BCUT2D eigenvalue weighted by molar-refractivity contribution is 5.42. The van der Waals surface area contributed by atoms with Gasteiger partial charge >= 0.3 is 0 Å². The fourth-order valence-corrected chi connectivity index (χ4v) is 2.49. The smallest absolute Gasteiger partial charge is 0.269 e. The molecule has 0 spiro atoms. The lowest BCUT2D eigenvalue weighted by molar-refractivity contribution is -0.384. The van der Waals surface area contributed by atoms with Crippen LogP contribution in [0.4, 0.5) is 5.69 Å². The molecule has 2 rings (SSSR count). The second-order valence-electron chi connectivity index (χ2n) is 5.57. The van der Waals surface area contributed by atoms with Gasteiger partial charge in [0.05, 0.1) is 19.1 Å². The van der Waals surface area contributed by atoms with Crippen LogP contribution in [0, 0.1) is 10.1 Å². The first-order chi connectivity index (χ1) is 11.5. The second-order valence-corrected chi connectivity index (χ2v) is 5.57. The Bertz CT molecular complexity index is 703. The third kappa shape index (κ3) is 4.45. The normalized spacial score (nSPS) is 11.8. The maximum absolute atomic E-state index is 10.9. The van der Waals surface area contributed by atoms with Crippen LogP contribution in [-0.2, 0) is 6.54 Å². The summed E-state index contributed by atoms with van der Waals surface area (Å²) in [5, 5.41) is 14.2. The van der Waals surface area contributed by atoms with Crippen LogP contribution in [0.25, 0.3) is 0 Å². The van der Waals surface area contributed by atoms with E-state index < -0.39 is 0 Å². The molecule has 0 amide bonds. The number of hydrogen-bond acceptors (Lipinski definition) is 5. The van der Waals surface area contributed by atoms with E-state index in [0.717, 1.165) is 17.7 Å². The molecule has 0 heterocycles. The van der Waals surface area contributed by atoms with E-state index >= 15 is 0 Å². The number of ether oxygens (including phenoxy) is 2. The lowest BCUT2D eigenvalue weighted by Crippen LogP contribution is -2.19. The summed E-state index contributed by atoms with van der Waals surface area (Å²) < 4.78 is 10.5. The van der Waals surface area contributed by atoms with Gasteiger partial charge in [-0.25, -0.2) is 0 Å². The predicted molar refractivity (Wildman–Crippen MR) is 92.8 cm³/mol. The van der Waals surface area contributed by atoms with Crippen molar-refractivity contribution in [1.82, 2.24) is 5.32 Å². The van der Waals surface area contributed by atoms with Crippen LogP contribution in [0.1, 0.15) is 24.0 Å². The molecule has 24 heavy (non-hydrogen) atoms. The van der Waals surface area contributed by atoms with Crippen molar-refractivity contribution in [2.45, 2.75) is 19.4 Å². The highest BCUT2D eigenvalue weighted by atomic mass is 16.6. The van der Waals surface area contributed by atoms with Crippen molar-refractivity contribution < 1.29 is 14.4 Å². The molecule has 2 aromatic carbocycles. The second kappa shape index (κ2) is 8.31. The molecule has 6 heteroatoms. The molecule has 0 saturated heterocycles. The molecule has 0 fully saturated rings. The summed E-state index contributed by atoms with van der Waals surface area (Å²) in [6, 6.07) is 12.6. The minimum absolute atomic E-state index is 0.124. The average Bonchev–Trinajstić information content (AvgIpc) is 2.61.